The second-order valence-corrected chi connectivity index (χ2v) is 5.80. The molecule has 3 aromatic rings. The predicted molar refractivity (Wildman–Crippen MR) is 71.0 cm³/mol. The van der Waals surface area contributed by atoms with Crippen LogP contribution in [0.1, 0.15) is 0 Å². The van der Waals surface area contributed by atoms with E-state index in [4.69, 9.17) is 5.73 Å². The Labute approximate surface area is 109 Å². The Morgan fingerprint density at radius 3 is 2.79 bits per heavy atom. The number of rotatable bonds is 2. The highest BCUT2D eigenvalue weighted by molar-refractivity contribution is 7.90. The van der Waals surface area contributed by atoms with E-state index in [2.05, 4.69) is 9.97 Å². The molecule has 0 aliphatic rings. The number of imidazole rings is 1. The molecule has 6 nitrogen and oxygen atoms in total. The zero-order valence-corrected chi connectivity index (χ0v) is 10.6. The molecule has 0 bridgehead atoms. The van der Waals surface area contributed by atoms with Gasteiger partial charge in [-0.25, -0.2) is 17.4 Å². The van der Waals surface area contributed by atoms with E-state index in [-0.39, 0.29) is 4.90 Å². The van der Waals surface area contributed by atoms with Gasteiger partial charge in [0.05, 0.1) is 11.0 Å². The van der Waals surface area contributed by atoms with Crippen molar-refractivity contribution in [2.24, 2.45) is 0 Å². The van der Waals surface area contributed by atoms with Crippen molar-refractivity contribution in [2.75, 3.05) is 5.73 Å². The van der Waals surface area contributed by atoms with Gasteiger partial charge >= 0.3 is 0 Å². The normalized spacial score (nSPS) is 11.8. The Morgan fingerprint density at radius 1 is 1.21 bits per heavy atom. The van der Waals surface area contributed by atoms with Crippen LogP contribution in [0.25, 0.3) is 11.0 Å². The van der Waals surface area contributed by atoms with Gasteiger partial charge in [-0.05, 0) is 30.3 Å². The third-order valence-electron chi connectivity index (χ3n) is 2.73. The number of nitrogens with two attached hydrogens (primary N) is 1. The quantitative estimate of drug-likeness (QED) is 0.710. The molecule has 0 saturated heterocycles. The van der Waals surface area contributed by atoms with Crippen LogP contribution in [-0.2, 0) is 10.0 Å². The molecule has 0 spiro atoms. The van der Waals surface area contributed by atoms with Gasteiger partial charge in [-0.3, -0.25) is 4.98 Å². The maximum atomic E-state index is 12.5. The van der Waals surface area contributed by atoms with E-state index in [1.807, 2.05) is 0 Å². The van der Waals surface area contributed by atoms with Gasteiger partial charge in [0.1, 0.15) is 11.2 Å². The number of aromatic nitrogens is 3. The van der Waals surface area contributed by atoms with E-state index in [0.29, 0.717) is 16.7 Å². The molecule has 3 rings (SSSR count). The number of anilines is 1. The lowest BCUT2D eigenvalue weighted by molar-refractivity contribution is 0.588. The van der Waals surface area contributed by atoms with Crippen molar-refractivity contribution in [3.63, 3.8) is 0 Å². The summed E-state index contributed by atoms with van der Waals surface area (Å²) >= 11 is 0. The van der Waals surface area contributed by atoms with Crippen LogP contribution in [0.15, 0.2) is 53.9 Å². The zero-order valence-electron chi connectivity index (χ0n) is 9.76. The van der Waals surface area contributed by atoms with Gasteiger partial charge in [0, 0.05) is 18.1 Å². The summed E-state index contributed by atoms with van der Waals surface area (Å²) in [4.78, 5) is 7.99. The van der Waals surface area contributed by atoms with Gasteiger partial charge in [-0.1, -0.05) is 0 Å². The van der Waals surface area contributed by atoms with Gasteiger partial charge in [-0.2, -0.15) is 0 Å². The lowest BCUT2D eigenvalue weighted by Crippen LogP contribution is -2.12. The van der Waals surface area contributed by atoms with E-state index in [9.17, 15) is 8.42 Å². The molecule has 0 radical (unpaired) electrons. The smallest absolute Gasteiger partial charge is 0.271 e. The van der Waals surface area contributed by atoms with Crippen LogP contribution in [0.5, 0.6) is 0 Å². The van der Waals surface area contributed by atoms with E-state index in [1.54, 1.807) is 24.3 Å². The molecule has 96 valence electrons. The second-order valence-electron chi connectivity index (χ2n) is 3.98. The van der Waals surface area contributed by atoms with Gasteiger partial charge in [0.15, 0.2) is 0 Å². The van der Waals surface area contributed by atoms with E-state index >= 15 is 0 Å². The fourth-order valence-electron chi connectivity index (χ4n) is 1.81. The van der Waals surface area contributed by atoms with Gasteiger partial charge in [-0.15, -0.1) is 0 Å². The number of hydrogen-bond donors (Lipinski definition) is 1. The first-order valence-corrected chi connectivity index (χ1v) is 6.91. The molecular formula is C12H10N4O2S. The Hall–Kier alpha value is -2.41. The molecule has 0 saturated carbocycles. The Bertz CT molecular complexity index is 841. The fourth-order valence-corrected chi connectivity index (χ4v) is 3.06. The molecule has 0 atom stereocenters. The summed E-state index contributed by atoms with van der Waals surface area (Å²) in [5.74, 6) is 0. The molecule has 0 fully saturated rings. The van der Waals surface area contributed by atoms with Crippen molar-refractivity contribution in [3.8, 4) is 0 Å². The molecule has 0 aliphatic heterocycles. The van der Waals surface area contributed by atoms with Crippen molar-refractivity contribution < 1.29 is 8.42 Å². The first-order valence-electron chi connectivity index (χ1n) is 5.47. The van der Waals surface area contributed by atoms with Crippen LogP contribution < -0.4 is 5.73 Å². The summed E-state index contributed by atoms with van der Waals surface area (Å²) in [6.45, 7) is 0. The van der Waals surface area contributed by atoms with Crippen molar-refractivity contribution in [2.45, 2.75) is 4.90 Å². The monoisotopic (exact) mass is 274 g/mol. The molecule has 0 aliphatic carbocycles. The highest BCUT2D eigenvalue weighted by Gasteiger charge is 2.19. The molecule has 19 heavy (non-hydrogen) atoms. The average Bonchev–Trinajstić information content (AvgIpc) is 2.83. The van der Waals surface area contributed by atoms with E-state index in [0.717, 1.165) is 3.97 Å². The molecule has 2 heterocycles. The SMILES string of the molecule is Nc1ccc2ncn(S(=O)(=O)c3cccnc3)c2c1. The summed E-state index contributed by atoms with van der Waals surface area (Å²) < 4.78 is 26.0. The summed E-state index contributed by atoms with van der Waals surface area (Å²) in [7, 11) is -3.70. The van der Waals surface area contributed by atoms with Crippen LogP contribution in [0.2, 0.25) is 0 Å². The average molecular weight is 274 g/mol. The molecular weight excluding hydrogens is 264 g/mol. The summed E-state index contributed by atoms with van der Waals surface area (Å²) in [6.07, 6.45) is 4.09. The summed E-state index contributed by atoms with van der Waals surface area (Å²) in [5, 5.41) is 0. The fraction of sp³-hybridized carbons (Fsp3) is 0. The third kappa shape index (κ3) is 1.84. The number of hydrogen-bond acceptors (Lipinski definition) is 5. The zero-order chi connectivity index (χ0) is 13.5. The van der Waals surface area contributed by atoms with Crippen LogP contribution in [-0.4, -0.2) is 22.4 Å². The number of benzene rings is 1. The summed E-state index contributed by atoms with van der Waals surface area (Å²) in [6, 6.07) is 7.99. The first-order chi connectivity index (χ1) is 9.09. The first kappa shape index (κ1) is 11.7. The highest BCUT2D eigenvalue weighted by atomic mass is 32.2. The minimum absolute atomic E-state index is 0.108. The summed E-state index contributed by atoms with van der Waals surface area (Å²) in [5.41, 5.74) is 7.19. The largest absolute Gasteiger partial charge is 0.399 e. The Kier molecular flexibility index (Phi) is 2.49. The second kappa shape index (κ2) is 4.06. The van der Waals surface area contributed by atoms with Crippen molar-refractivity contribution >= 4 is 26.7 Å². The molecule has 1 aromatic carbocycles. The highest BCUT2D eigenvalue weighted by Crippen LogP contribution is 2.21. The third-order valence-corrected chi connectivity index (χ3v) is 4.38. The lowest BCUT2D eigenvalue weighted by Gasteiger charge is -2.06. The minimum atomic E-state index is -3.70. The topological polar surface area (TPSA) is 90.9 Å². The number of fused-ring (bicyclic) bond motifs is 1. The number of nitrogens with zero attached hydrogens (tertiary/aromatic N) is 3. The van der Waals surface area contributed by atoms with Crippen molar-refractivity contribution in [3.05, 3.63) is 49.1 Å². The number of nitrogen functional groups attached to an aromatic ring is 1. The van der Waals surface area contributed by atoms with Crippen molar-refractivity contribution in [1.29, 1.82) is 0 Å². The lowest BCUT2D eigenvalue weighted by atomic mass is 10.3. The van der Waals surface area contributed by atoms with E-state index < -0.39 is 10.0 Å². The van der Waals surface area contributed by atoms with Crippen LogP contribution in [0, 0.1) is 0 Å². The maximum absolute atomic E-state index is 12.5. The van der Waals surface area contributed by atoms with E-state index in [1.165, 1.54) is 24.8 Å². The Balaban J connectivity index is 2.28. The Morgan fingerprint density at radius 2 is 2.05 bits per heavy atom. The van der Waals surface area contributed by atoms with Gasteiger partial charge in [0.2, 0.25) is 0 Å². The van der Waals surface area contributed by atoms with Crippen LogP contribution in [0.3, 0.4) is 0 Å². The molecule has 7 heteroatoms. The molecule has 2 N–H and O–H groups in total. The standard InChI is InChI=1S/C12H10N4O2S/c13-9-3-4-11-12(6-9)16(8-15-11)19(17,18)10-2-1-5-14-7-10/h1-8H,13H2. The molecule has 0 amide bonds. The van der Waals surface area contributed by atoms with Crippen LogP contribution >= 0.6 is 0 Å². The molecule has 2 aromatic heterocycles. The predicted octanol–water partition coefficient (Wildman–Crippen LogP) is 1.25. The van der Waals surface area contributed by atoms with Crippen LogP contribution in [0.4, 0.5) is 5.69 Å². The maximum Gasteiger partial charge on any atom is 0.271 e. The number of pyridine rings is 1. The van der Waals surface area contributed by atoms with Gasteiger partial charge < -0.3 is 5.73 Å². The van der Waals surface area contributed by atoms with Gasteiger partial charge in [0.25, 0.3) is 10.0 Å². The van der Waals surface area contributed by atoms with Crippen molar-refractivity contribution in [1.82, 2.24) is 13.9 Å². The molecule has 0 unspecified atom stereocenters. The minimum Gasteiger partial charge on any atom is -0.399 e.